The number of sulfone groups is 1. The summed E-state index contributed by atoms with van der Waals surface area (Å²) >= 11 is 0. The number of benzene rings is 1. The third kappa shape index (κ3) is 5.02. The molecule has 0 fully saturated rings. The van der Waals surface area contributed by atoms with Crippen LogP contribution in [0.25, 0.3) is 0 Å². The maximum Gasteiger partial charge on any atom is 0.214 e. The third-order valence-corrected chi connectivity index (χ3v) is 5.28. The van der Waals surface area contributed by atoms with Gasteiger partial charge in [0.05, 0.1) is 18.0 Å². The summed E-state index contributed by atoms with van der Waals surface area (Å²) in [5.74, 6) is 0.649. The molecule has 1 heterocycles. The molecule has 0 aliphatic carbocycles. The first-order chi connectivity index (χ1) is 11.8. The second-order valence-corrected chi connectivity index (χ2v) is 7.43. The first kappa shape index (κ1) is 18.9. The Labute approximate surface area is 146 Å². The van der Waals surface area contributed by atoms with Crippen LogP contribution in [0.4, 0.5) is 4.39 Å². The second kappa shape index (κ2) is 8.11. The Morgan fingerprint density at radius 3 is 2.60 bits per heavy atom. The Bertz CT molecular complexity index is 843. The zero-order valence-corrected chi connectivity index (χ0v) is 15.2. The molecule has 0 saturated carbocycles. The van der Waals surface area contributed by atoms with Gasteiger partial charge in [-0.05, 0) is 26.0 Å². The van der Waals surface area contributed by atoms with Crippen LogP contribution >= 0.6 is 0 Å². The van der Waals surface area contributed by atoms with Gasteiger partial charge >= 0.3 is 0 Å². The Kier molecular flexibility index (Phi) is 6.13. The Morgan fingerprint density at radius 1 is 1.28 bits per heavy atom. The molecular formula is C16H21FN4O3S. The molecule has 9 heteroatoms. The minimum Gasteiger partial charge on any atom is -0.444 e. The van der Waals surface area contributed by atoms with Crippen molar-refractivity contribution in [3.05, 3.63) is 47.4 Å². The van der Waals surface area contributed by atoms with Crippen molar-refractivity contribution in [2.75, 3.05) is 19.3 Å². The van der Waals surface area contributed by atoms with Crippen molar-refractivity contribution in [3.8, 4) is 0 Å². The SMILES string of the molecule is CN=C(NCCS(=O)(=O)c1ccccc1F)NCc1nc(C)c(C)o1. The van der Waals surface area contributed by atoms with Gasteiger partial charge in [-0.3, -0.25) is 4.99 Å². The Morgan fingerprint density at radius 2 is 2.00 bits per heavy atom. The monoisotopic (exact) mass is 368 g/mol. The van der Waals surface area contributed by atoms with Crippen molar-refractivity contribution in [1.29, 1.82) is 0 Å². The van der Waals surface area contributed by atoms with E-state index in [1.54, 1.807) is 7.05 Å². The maximum absolute atomic E-state index is 13.6. The first-order valence-electron chi connectivity index (χ1n) is 7.68. The van der Waals surface area contributed by atoms with Gasteiger partial charge < -0.3 is 15.1 Å². The highest BCUT2D eigenvalue weighted by Gasteiger charge is 2.18. The van der Waals surface area contributed by atoms with Crippen molar-refractivity contribution >= 4 is 15.8 Å². The largest absolute Gasteiger partial charge is 0.444 e. The van der Waals surface area contributed by atoms with Gasteiger partial charge in [-0.1, -0.05) is 12.1 Å². The molecule has 0 atom stereocenters. The number of oxazole rings is 1. The maximum atomic E-state index is 13.6. The van der Waals surface area contributed by atoms with E-state index in [-0.39, 0.29) is 17.2 Å². The summed E-state index contributed by atoms with van der Waals surface area (Å²) in [7, 11) is -2.15. The molecule has 2 N–H and O–H groups in total. The van der Waals surface area contributed by atoms with E-state index in [9.17, 15) is 12.8 Å². The molecule has 0 spiro atoms. The van der Waals surface area contributed by atoms with Crippen molar-refractivity contribution in [2.45, 2.75) is 25.3 Å². The topological polar surface area (TPSA) is 96.6 Å². The molecule has 0 saturated heterocycles. The molecule has 0 bridgehead atoms. The van der Waals surface area contributed by atoms with Crippen LogP contribution in [0.5, 0.6) is 0 Å². The lowest BCUT2D eigenvalue weighted by molar-refractivity contribution is 0.464. The summed E-state index contributed by atoms with van der Waals surface area (Å²) in [6.07, 6.45) is 0. The number of nitrogens with one attached hydrogen (secondary N) is 2. The minimum atomic E-state index is -3.72. The van der Waals surface area contributed by atoms with Crippen LogP contribution in [0.1, 0.15) is 17.3 Å². The number of hydrogen-bond donors (Lipinski definition) is 2. The van der Waals surface area contributed by atoms with Crippen LogP contribution in [0.2, 0.25) is 0 Å². The zero-order valence-electron chi connectivity index (χ0n) is 14.3. The van der Waals surface area contributed by atoms with Gasteiger partial charge in [-0.2, -0.15) is 0 Å². The van der Waals surface area contributed by atoms with Crippen LogP contribution in [-0.2, 0) is 16.4 Å². The standard InChI is InChI=1S/C16H21FN4O3S/c1-11-12(2)24-15(21-11)10-20-16(18-3)19-8-9-25(22,23)14-7-5-4-6-13(14)17/h4-7H,8-10H2,1-3H3,(H2,18,19,20). The van der Waals surface area contributed by atoms with Crippen LogP contribution in [-0.4, -0.2) is 38.7 Å². The molecule has 136 valence electrons. The van der Waals surface area contributed by atoms with Crippen molar-refractivity contribution in [3.63, 3.8) is 0 Å². The molecule has 1 aromatic carbocycles. The summed E-state index contributed by atoms with van der Waals surface area (Å²) in [4.78, 5) is 7.93. The normalized spacial score (nSPS) is 12.2. The number of aromatic nitrogens is 1. The fraction of sp³-hybridized carbons (Fsp3) is 0.375. The van der Waals surface area contributed by atoms with E-state index in [2.05, 4.69) is 20.6 Å². The molecule has 0 amide bonds. The predicted octanol–water partition coefficient (Wildman–Crippen LogP) is 1.57. The molecule has 0 aliphatic rings. The summed E-state index contributed by atoms with van der Waals surface area (Å²) in [5.41, 5.74) is 0.815. The summed E-state index contributed by atoms with van der Waals surface area (Å²) in [6.45, 7) is 4.07. The van der Waals surface area contributed by atoms with Gasteiger partial charge in [-0.25, -0.2) is 17.8 Å². The van der Waals surface area contributed by atoms with Gasteiger partial charge in [-0.15, -0.1) is 0 Å². The molecule has 2 aromatic rings. The van der Waals surface area contributed by atoms with Crippen LogP contribution in [0.3, 0.4) is 0 Å². The Hall–Kier alpha value is -2.42. The summed E-state index contributed by atoms with van der Waals surface area (Å²) < 4.78 is 43.4. The van der Waals surface area contributed by atoms with Crippen LogP contribution in [0.15, 0.2) is 38.6 Å². The number of aliphatic imine (C=N–C) groups is 1. The molecule has 2 rings (SSSR count). The lowest BCUT2D eigenvalue weighted by atomic mass is 10.3. The molecule has 1 aromatic heterocycles. The molecule has 0 unspecified atom stereocenters. The fourth-order valence-electron chi connectivity index (χ4n) is 2.11. The van der Waals surface area contributed by atoms with E-state index in [4.69, 9.17) is 4.42 Å². The molecule has 7 nitrogen and oxygen atoms in total. The Balaban J connectivity index is 1.87. The van der Waals surface area contributed by atoms with E-state index in [0.29, 0.717) is 18.4 Å². The highest BCUT2D eigenvalue weighted by atomic mass is 32.2. The quantitative estimate of drug-likeness (QED) is 0.593. The smallest absolute Gasteiger partial charge is 0.214 e. The summed E-state index contributed by atoms with van der Waals surface area (Å²) in [6, 6.07) is 5.32. The lowest BCUT2D eigenvalue weighted by Crippen LogP contribution is -2.39. The average Bonchev–Trinajstić information content (AvgIpc) is 2.89. The van der Waals surface area contributed by atoms with Crippen molar-refractivity contribution < 1.29 is 17.2 Å². The minimum absolute atomic E-state index is 0.0833. The zero-order chi connectivity index (χ0) is 18.4. The number of rotatable bonds is 6. The van der Waals surface area contributed by atoms with Crippen molar-refractivity contribution in [2.24, 2.45) is 4.99 Å². The van der Waals surface area contributed by atoms with Gasteiger partial charge in [0.1, 0.15) is 16.5 Å². The van der Waals surface area contributed by atoms with E-state index in [1.807, 2.05) is 13.8 Å². The highest BCUT2D eigenvalue weighted by molar-refractivity contribution is 7.91. The first-order valence-corrected chi connectivity index (χ1v) is 9.33. The van der Waals surface area contributed by atoms with E-state index >= 15 is 0 Å². The number of halogens is 1. The second-order valence-electron chi connectivity index (χ2n) is 5.35. The predicted molar refractivity (Wildman–Crippen MR) is 92.6 cm³/mol. The molecule has 0 aliphatic heterocycles. The fourth-order valence-corrected chi connectivity index (χ4v) is 3.35. The molecule has 0 radical (unpaired) electrons. The third-order valence-electron chi connectivity index (χ3n) is 3.54. The number of nitrogens with zero attached hydrogens (tertiary/aromatic N) is 2. The number of aryl methyl sites for hydroxylation is 2. The number of hydrogen-bond acceptors (Lipinski definition) is 5. The summed E-state index contributed by atoms with van der Waals surface area (Å²) in [5, 5.41) is 5.85. The van der Waals surface area contributed by atoms with E-state index in [0.717, 1.165) is 17.5 Å². The van der Waals surface area contributed by atoms with Gasteiger partial charge in [0.15, 0.2) is 15.8 Å². The van der Waals surface area contributed by atoms with Crippen LogP contribution in [0, 0.1) is 19.7 Å². The molecule has 25 heavy (non-hydrogen) atoms. The van der Waals surface area contributed by atoms with E-state index in [1.165, 1.54) is 18.2 Å². The van der Waals surface area contributed by atoms with Gasteiger partial charge in [0.2, 0.25) is 5.89 Å². The van der Waals surface area contributed by atoms with E-state index < -0.39 is 15.7 Å². The van der Waals surface area contributed by atoms with Gasteiger partial charge in [0, 0.05) is 13.6 Å². The lowest BCUT2D eigenvalue weighted by Gasteiger charge is -2.11. The van der Waals surface area contributed by atoms with Crippen LogP contribution < -0.4 is 10.6 Å². The average molecular weight is 368 g/mol. The van der Waals surface area contributed by atoms with Crippen molar-refractivity contribution in [1.82, 2.24) is 15.6 Å². The van der Waals surface area contributed by atoms with Gasteiger partial charge in [0.25, 0.3) is 0 Å². The number of guanidine groups is 1. The highest BCUT2D eigenvalue weighted by Crippen LogP contribution is 2.14. The molecular weight excluding hydrogens is 347 g/mol.